The van der Waals surface area contributed by atoms with Crippen molar-refractivity contribution in [2.75, 3.05) is 13.1 Å². The number of carbonyl (C=O) groups is 1. The number of pyridine rings is 1. The number of nitrogens with two attached hydrogens (primary N) is 1. The Morgan fingerprint density at radius 1 is 1.55 bits per heavy atom. The molecule has 1 aliphatic heterocycles. The average molecular weight is 288 g/mol. The van der Waals surface area contributed by atoms with Crippen LogP contribution in [0.2, 0.25) is 0 Å². The molecule has 20 heavy (non-hydrogen) atoms. The Balaban J connectivity index is 1.67. The fraction of sp³-hybridized carbons (Fsp3) is 0.357. The van der Waals surface area contributed by atoms with Crippen molar-refractivity contribution in [2.45, 2.75) is 18.9 Å². The first-order valence-corrected chi connectivity index (χ1v) is 7.48. The summed E-state index contributed by atoms with van der Waals surface area (Å²) in [6.45, 7) is 1.43. The SMILES string of the molecule is N[C@@H]1CCN(C(=O)Cc2csc(-c3cccnc3)n2)C1. The van der Waals surface area contributed by atoms with E-state index in [2.05, 4.69) is 9.97 Å². The summed E-state index contributed by atoms with van der Waals surface area (Å²) >= 11 is 1.54. The Labute approximate surface area is 121 Å². The number of carbonyl (C=O) groups excluding carboxylic acids is 1. The van der Waals surface area contributed by atoms with Crippen LogP contribution in [0.1, 0.15) is 12.1 Å². The number of amides is 1. The first-order chi connectivity index (χ1) is 9.72. The van der Waals surface area contributed by atoms with Crippen molar-refractivity contribution in [2.24, 2.45) is 5.73 Å². The van der Waals surface area contributed by atoms with Gasteiger partial charge in [0.15, 0.2) is 0 Å². The molecule has 2 aromatic heterocycles. The van der Waals surface area contributed by atoms with Crippen LogP contribution in [0.5, 0.6) is 0 Å². The highest BCUT2D eigenvalue weighted by atomic mass is 32.1. The maximum Gasteiger partial charge on any atom is 0.228 e. The van der Waals surface area contributed by atoms with Crippen molar-refractivity contribution in [3.05, 3.63) is 35.6 Å². The van der Waals surface area contributed by atoms with E-state index in [0.717, 1.165) is 29.2 Å². The quantitative estimate of drug-likeness (QED) is 0.924. The minimum absolute atomic E-state index is 0.112. The van der Waals surface area contributed by atoms with E-state index in [1.54, 1.807) is 23.7 Å². The lowest BCUT2D eigenvalue weighted by Gasteiger charge is -2.14. The van der Waals surface area contributed by atoms with Crippen molar-refractivity contribution < 1.29 is 4.79 Å². The summed E-state index contributed by atoms with van der Waals surface area (Å²) in [5.74, 6) is 0.112. The Morgan fingerprint density at radius 2 is 2.45 bits per heavy atom. The minimum atomic E-state index is 0.112. The summed E-state index contributed by atoms with van der Waals surface area (Å²) < 4.78 is 0. The monoisotopic (exact) mass is 288 g/mol. The fourth-order valence-corrected chi connectivity index (χ4v) is 3.10. The molecule has 2 aromatic rings. The summed E-state index contributed by atoms with van der Waals surface area (Å²) in [5, 5.41) is 2.84. The standard InChI is InChI=1S/C14H16N4OS/c15-11-3-5-18(8-11)13(19)6-12-9-20-14(17-12)10-2-1-4-16-7-10/h1-2,4,7,9,11H,3,5-6,8,15H2/t11-/m1/s1. The third-order valence-corrected chi connectivity index (χ3v) is 4.31. The summed E-state index contributed by atoms with van der Waals surface area (Å²) in [6, 6.07) is 3.98. The summed E-state index contributed by atoms with van der Waals surface area (Å²) in [4.78, 5) is 22.5. The molecule has 104 valence electrons. The number of aromatic nitrogens is 2. The van der Waals surface area contributed by atoms with Crippen molar-refractivity contribution in [3.63, 3.8) is 0 Å². The number of thiazole rings is 1. The van der Waals surface area contributed by atoms with Gasteiger partial charge in [0.05, 0.1) is 12.1 Å². The highest BCUT2D eigenvalue weighted by Crippen LogP contribution is 2.23. The maximum absolute atomic E-state index is 12.1. The van der Waals surface area contributed by atoms with Crippen LogP contribution in [0.15, 0.2) is 29.9 Å². The molecule has 0 saturated carbocycles. The summed E-state index contributed by atoms with van der Waals surface area (Å²) in [5.41, 5.74) is 7.63. The maximum atomic E-state index is 12.1. The van der Waals surface area contributed by atoms with Crippen molar-refractivity contribution in [1.29, 1.82) is 0 Å². The van der Waals surface area contributed by atoms with Crippen molar-refractivity contribution >= 4 is 17.2 Å². The van der Waals surface area contributed by atoms with E-state index in [9.17, 15) is 4.79 Å². The normalized spacial score (nSPS) is 18.4. The molecule has 1 aliphatic rings. The second-order valence-corrected chi connectivity index (χ2v) is 5.81. The van der Waals surface area contributed by atoms with Gasteiger partial charge in [0, 0.05) is 42.5 Å². The molecule has 0 radical (unpaired) electrons. The van der Waals surface area contributed by atoms with Crippen LogP contribution in [0, 0.1) is 0 Å². The predicted molar refractivity (Wildman–Crippen MR) is 78.2 cm³/mol. The number of hydrogen-bond donors (Lipinski definition) is 1. The Hall–Kier alpha value is -1.79. The van der Waals surface area contributed by atoms with E-state index >= 15 is 0 Å². The second kappa shape index (κ2) is 5.68. The van der Waals surface area contributed by atoms with E-state index < -0.39 is 0 Å². The van der Waals surface area contributed by atoms with Gasteiger partial charge in [-0.3, -0.25) is 9.78 Å². The van der Waals surface area contributed by atoms with Gasteiger partial charge in [0.1, 0.15) is 5.01 Å². The number of likely N-dealkylation sites (tertiary alicyclic amines) is 1. The van der Waals surface area contributed by atoms with Gasteiger partial charge in [0.25, 0.3) is 0 Å². The number of hydrogen-bond acceptors (Lipinski definition) is 5. The molecule has 1 fully saturated rings. The summed E-state index contributed by atoms with van der Waals surface area (Å²) in [6.07, 6.45) is 4.76. The third-order valence-electron chi connectivity index (χ3n) is 3.37. The van der Waals surface area contributed by atoms with Crippen LogP contribution in [0.3, 0.4) is 0 Å². The van der Waals surface area contributed by atoms with Gasteiger partial charge < -0.3 is 10.6 Å². The molecule has 2 N–H and O–H groups in total. The molecule has 3 heterocycles. The fourth-order valence-electron chi connectivity index (χ4n) is 2.29. The Kier molecular flexibility index (Phi) is 3.75. The topological polar surface area (TPSA) is 72.1 Å². The molecule has 0 aromatic carbocycles. The largest absolute Gasteiger partial charge is 0.341 e. The molecule has 3 rings (SSSR count). The zero-order valence-corrected chi connectivity index (χ0v) is 11.8. The van der Waals surface area contributed by atoms with Crippen molar-refractivity contribution in [1.82, 2.24) is 14.9 Å². The highest BCUT2D eigenvalue weighted by molar-refractivity contribution is 7.13. The van der Waals surface area contributed by atoms with Gasteiger partial charge in [-0.15, -0.1) is 11.3 Å². The van der Waals surface area contributed by atoms with Crippen LogP contribution in [0.25, 0.3) is 10.6 Å². The zero-order chi connectivity index (χ0) is 13.9. The van der Waals surface area contributed by atoms with Gasteiger partial charge in [-0.2, -0.15) is 0 Å². The lowest BCUT2D eigenvalue weighted by molar-refractivity contribution is -0.129. The summed E-state index contributed by atoms with van der Waals surface area (Å²) in [7, 11) is 0. The van der Waals surface area contributed by atoms with Gasteiger partial charge in [-0.05, 0) is 18.6 Å². The zero-order valence-electron chi connectivity index (χ0n) is 11.0. The molecule has 1 amide bonds. The Bertz CT molecular complexity index is 598. The highest BCUT2D eigenvalue weighted by Gasteiger charge is 2.24. The number of rotatable bonds is 3. The first-order valence-electron chi connectivity index (χ1n) is 6.60. The van der Waals surface area contributed by atoms with E-state index in [1.165, 1.54) is 0 Å². The lowest BCUT2D eigenvalue weighted by Crippen LogP contribution is -2.32. The minimum Gasteiger partial charge on any atom is -0.341 e. The smallest absolute Gasteiger partial charge is 0.228 e. The van der Waals surface area contributed by atoms with Gasteiger partial charge in [-0.25, -0.2) is 4.98 Å². The third kappa shape index (κ3) is 2.86. The van der Waals surface area contributed by atoms with Gasteiger partial charge >= 0.3 is 0 Å². The van der Waals surface area contributed by atoms with Gasteiger partial charge in [0.2, 0.25) is 5.91 Å². The second-order valence-electron chi connectivity index (χ2n) is 4.95. The molecule has 0 aliphatic carbocycles. The van der Waals surface area contributed by atoms with Crippen LogP contribution in [-0.4, -0.2) is 39.9 Å². The molecule has 1 saturated heterocycles. The van der Waals surface area contributed by atoms with Crippen molar-refractivity contribution in [3.8, 4) is 10.6 Å². The molecular formula is C14H16N4OS. The van der Waals surface area contributed by atoms with E-state index in [1.807, 2.05) is 22.4 Å². The molecule has 0 spiro atoms. The molecule has 0 unspecified atom stereocenters. The van der Waals surface area contributed by atoms with Gasteiger partial charge in [-0.1, -0.05) is 0 Å². The van der Waals surface area contributed by atoms with Crippen LogP contribution < -0.4 is 5.73 Å². The van der Waals surface area contributed by atoms with E-state index in [0.29, 0.717) is 13.0 Å². The average Bonchev–Trinajstić information content (AvgIpc) is 3.09. The lowest BCUT2D eigenvalue weighted by atomic mass is 10.3. The molecular weight excluding hydrogens is 272 g/mol. The molecule has 6 heteroatoms. The molecule has 0 bridgehead atoms. The Morgan fingerprint density at radius 3 is 3.15 bits per heavy atom. The van der Waals surface area contributed by atoms with E-state index in [4.69, 9.17) is 5.73 Å². The predicted octanol–water partition coefficient (Wildman–Crippen LogP) is 1.31. The van der Waals surface area contributed by atoms with Crippen LogP contribution >= 0.6 is 11.3 Å². The molecule has 5 nitrogen and oxygen atoms in total. The van der Waals surface area contributed by atoms with E-state index in [-0.39, 0.29) is 11.9 Å². The van der Waals surface area contributed by atoms with Crippen LogP contribution in [-0.2, 0) is 11.2 Å². The molecule has 1 atom stereocenters. The van der Waals surface area contributed by atoms with Crippen LogP contribution in [0.4, 0.5) is 0 Å². The first kappa shape index (κ1) is 13.2. The number of nitrogens with zero attached hydrogens (tertiary/aromatic N) is 3.